The van der Waals surface area contributed by atoms with E-state index in [1.165, 1.54) is 0 Å². The van der Waals surface area contributed by atoms with Crippen molar-refractivity contribution < 1.29 is 14.6 Å². The van der Waals surface area contributed by atoms with E-state index in [4.69, 9.17) is 4.74 Å². The zero-order chi connectivity index (χ0) is 17.3. The van der Waals surface area contributed by atoms with Gasteiger partial charge in [0.15, 0.2) is 0 Å². The van der Waals surface area contributed by atoms with Crippen molar-refractivity contribution in [2.45, 2.75) is 40.2 Å². The molecule has 0 aliphatic heterocycles. The maximum absolute atomic E-state index is 12.3. The molecule has 3 aromatic rings. The third-order valence-electron chi connectivity index (χ3n) is 4.35. The maximum atomic E-state index is 12.3. The van der Waals surface area contributed by atoms with Crippen molar-refractivity contribution >= 4 is 27.6 Å². The van der Waals surface area contributed by atoms with Crippen LogP contribution in [0, 0.1) is 6.92 Å². The third kappa shape index (κ3) is 2.73. The van der Waals surface area contributed by atoms with Crippen LogP contribution < -0.4 is 0 Å². The highest BCUT2D eigenvalue weighted by molar-refractivity contribution is 6.15. The minimum absolute atomic E-state index is 0.194. The minimum Gasteiger partial charge on any atom is -0.507 e. The number of aromatic hydroxyl groups is 1. The SMILES string of the molecule is CCCCn1cc(C(=O)OCC)c2cc(O)c3cc(C)ccc3c21. The summed E-state index contributed by atoms with van der Waals surface area (Å²) in [5.74, 6) is -0.149. The van der Waals surface area contributed by atoms with E-state index in [-0.39, 0.29) is 11.7 Å². The number of carbonyl (C=O) groups excluding carboxylic acids is 1. The molecule has 0 unspecified atom stereocenters. The quantitative estimate of drug-likeness (QED) is 0.686. The highest BCUT2D eigenvalue weighted by Gasteiger charge is 2.19. The predicted octanol–water partition coefficient (Wildman–Crippen LogP) is 4.79. The predicted molar refractivity (Wildman–Crippen MR) is 96.7 cm³/mol. The highest BCUT2D eigenvalue weighted by atomic mass is 16.5. The molecule has 0 atom stereocenters. The lowest BCUT2D eigenvalue weighted by Crippen LogP contribution is -2.04. The topological polar surface area (TPSA) is 51.5 Å². The zero-order valence-corrected chi connectivity index (χ0v) is 14.4. The molecule has 24 heavy (non-hydrogen) atoms. The molecule has 0 bridgehead atoms. The van der Waals surface area contributed by atoms with Crippen LogP contribution in [0.2, 0.25) is 0 Å². The van der Waals surface area contributed by atoms with Crippen LogP contribution >= 0.6 is 0 Å². The van der Waals surface area contributed by atoms with Crippen LogP contribution in [0.15, 0.2) is 30.5 Å². The lowest BCUT2D eigenvalue weighted by atomic mass is 10.0. The van der Waals surface area contributed by atoms with Crippen LogP contribution in [0.25, 0.3) is 21.7 Å². The van der Waals surface area contributed by atoms with Crippen LogP contribution in [0.5, 0.6) is 5.75 Å². The van der Waals surface area contributed by atoms with Gasteiger partial charge in [-0.05, 0) is 32.4 Å². The fourth-order valence-corrected chi connectivity index (χ4v) is 3.19. The summed E-state index contributed by atoms with van der Waals surface area (Å²) in [5, 5.41) is 13.0. The molecular formula is C20H23NO3. The Labute approximate surface area is 141 Å². The number of phenols is 1. The monoisotopic (exact) mass is 325 g/mol. The van der Waals surface area contributed by atoms with E-state index < -0.39 is 0 Å². The van der Waals surface area contributed by atoms with E-state index in [1.807, 2.05) is 31.3 Å². The Morgan fingerprint density at radius 3 is 2.67 bits per heavy atom. The zero-order valence-electron chi connectivity index (χ0n) is 14.4. The fraction of sp³-hybridized carbons (Fsp3) is 0.350. The normalized spacial score (nSPS) is 11.3. The summed E-state index contributed by atoms with van der Waals surface area (Å²) in [7, 11) is 0. The molecule has 4 heteroatoms. The molecule has 0 saturated carbocycles. The van der Waals surface area contributed by atoms with Crippen molar-refractivity contribution in [1.29, 1.82) is 0 Å². The van der Waals surface area contributed by atoms with Crippen LogP contribution in [0.1, 0.15) is 42.6 Å². The number of aromatic nitrogens is 1. The Morgan fingerprint density at radius 2 is 1.96 bits per heavy atom. The van der Waals surface area contributed by atoms with Gasteiger partial charge in [0.05, 0.1) is 17.7 Å². The third-order valence-corrected chi connectivity index (χ3v) is 4.35. The van der Waals surface area contributed by atoms with Gasteiger partial charge in [-0.3, -0.25) is 0 Å². The molecule has 1 N–H and O–H groups in total. The highest BCUT2D eigenvalue weighted by Crippen LogP contribution is 2.36. The van der Waals surface area contributed by atoms with Crippen molar-refractivity contribution in [2.24, 2.45) is 0 Å². The molecule has 1 heterocycles. The number of unbranched alkanes of at least 4 members (excludes halogenated alkanes) is 1. The summed E-state index contributed by atoms with van der Waals surface area (Å²) in [5.41, 5.74) is 2.59. The molecule has 0 fully saturated rings. The first-order valence-electron chi connectivity index (χ1n) is 8.49. The van der Waals surface area contributed by atoms with Crippen LogP contribution in [0.4, 0.5) is 0 Å². The Morgan fingerprint density at radius 1 is 1.17 bits per heavy atom. The standard InChI is InChI=1S/C20H23NO3/c1-4-6-9-21-12-17(20(23)24-5-2)16-11-18(22)15-10-13(3)7-8-14(15)19(16)21/h7-8,10-12,22H,4-6,9H2,1-3H3. The van der Waals surface area contributed by atoms with Crippen LogP contribution in [-0.2, 0) is 11.3 Å². The van der Waals surface area contributed by atoms with Gasteiger partial charge in [0.2, 0.25) is 0 Å². The molecule has 0 aliphatic carbocycles. The number of hydrogen-bond donors (Lipinski definition) is 1. The average Bonchev–Trinajstić information content (AvgIpc) is 2.92. The lowest BCUT2D eigenvalue weighted by molar-refractivity contribution is 0.0528. The lowest BCUT2D eigenvalue weighted by Gasteiger charge is -2.09. The molecule has 0 radical (unpaired) electrons. The minimum atomic E-state index is -0.344. The van der Waals surface area contributed by atoms with Gasteiger partial charge in [-0.25, -0.2) is 4.79 Å². The average molecular weight is 325 g/mol. The van der Waals surface area contributed by atoms with Crippen molar-refractivity contribution in [3.63, 3.8) is 0 Å². The molecule has 0 aliphatic rings. The molecule has 0 spiro atoms. The number of rotatable bonds is 5. The number of nitrogens with zero attached hydrogens (tertiary/aromatic N) is 1. The molecule has 4 nitrogen and oxygen atoms in total. The number of hydrogen-bond acceptors (Lipinski definition) is 3. The Bertz CT molecular complexity index is 908. The van der Waals surface area contributed by atoms with Gasteiger partial charge < -0.3 is 14.4 Å². The number of carbonyl (C=O) groups is 1. The summed E-state index contributed by atoms with van der Waals surface area (Å²) in [6.45, 7) is 7.11. The first-order chi connectivity index (χ1) is 11.6. The number of fused-ring (bicyclic) bond motifs is 3. The molecule has 0 saturated heterocycles. The first kappa shape index (κ1) is 16.4. The second kappa shape index (κ2) is 6.56. The summed E-state index contributed by atoms with van der Waals surface area (Å²) in [6.07, 6.45) is 3.96. The molecule has 2 aromatic carbocycles. The number of esters is 1. The van der Waals surface area contributed by atoms with Gasteiger partial charge in [0, 0.05) is 28.9 Å². The summed E-state index contributed by atoms with van der Waals surface area (Å²) in [4.78, 5) is 12.3. The Kier molecular flexibility index (Phi) is 4.47. The Balaban J connectivity index is 2.33. The van der Waals surface area contributed by atoms with Gasteiger partial charge in [-0.15, -0.1) is 0 Å². The van der Waals surface area contributed by atoms with Gasteiger partial charge >= 0.3 is 5.97 Å². The summed E-state index contributed by atoms with van der Waals surface area (Å²) >= 11 is 0. The van der Waals surface area contributed by atoms with E-state index >= 15 is 0 Å². The summed E-state index contributed by atoms with van der Waals surface area (Å²) in [6, 6.07) is 7.71. The second-order valence-corrected chi connectivity index (χ2v) is 6.15. The number of phenolic OH excluding ortho intramolecular Hbond substituents is 1. The number of ether oxygens (including phenoxy) is 1. The van der Waals surface area contributed by atoms with Crippen molar-refractivity contribution in [3.05, 3.63) is 41.6 Å². The molecule has 3 rings (SSSR count). The molecular weight excluding hydrogens is 302 g/mol. The van der Waals surface area contributed by atoms with Gasteiger partial charge in [-0.2, -0.15) is 0 Å². The van der Waals surface area contributed by atoms with Gasteiger partial charge in [0.25, 0.3) is 0 Å². The van der Waals surface area contributed by atoms with Crippen LogP contribution in [0.3, 0.4) is 0 Å². The van der Waals surface area contributed by atoms with Gasteiger partial charge in [0.1, 0.15) is 5.75 Å². The molecule has 126 valence electrons. The second-order valence-electron chi connectivity index (χ2n) is 6.15. The number of benzene rings is 2. The van der Waals surface area contributed by atoms with Crippen molar-refractivity contribution in [1.82, 2.24) is 4.57 Å². The van der Waals surface area contributed by atoms with E-state index in [9.17, 15) is 9.90 Å². The number of aryl methyl sites for hydroxylation is 2. The van der Waals surface area contributed by atoms with E-state index in [2.05, 4.69) is 11.5 Å². The first-order valence-corrected chi connectivity index (χ1v) is 8.49. The Hall–Kier alpha value is -2.49. The van der Waals surface area contributed by atoms with Crippen molar-refractivity contribution in [3.8, 4) is 5.75 Å². The smallest absolute Gasteiger partial charge is 0.340 e. The maximum Gasteiger partial charge on any atom is 0.340 e. The fourth-order valence-electron chi connectivity index (χ4n) is 3.19. The summed E-state index contributed by atoms with van der Waals surface area (Å²) < 4.78 is 7.30. The largest absolute Gasteiger partial charge is 0.507 e. The van der Waals surface area contributed by atoms with Crippen molar-refractivity contribution in [2.75, 3.05) is 6.61 Å². The van der Waals surface area contributed by atoms with E-state index in [1.54, 1.807) is 13.0 Å². The van der Waals surface area contributed by atoms with Crippen LogP contribution in [-0.4, -0.2) is 22.2 Å². The van der Waals surface area contributed by atoms with Gasteiger partial charge in [-0.1, -0.05) is 31.0 Å². The van der Waals surface area contributed by atoms with E-state index in [0.29, 0.717) is 12.2 Å². The molecule has 1 aromatic heterocycles. The van der Waals surface area contributed by atoms with E-state index in [0.717, 1.165) is 46.6 Å². The molecule has 0 amide bonds.